The van der Waals surface area contributed by atoms with Gasteiger partial charge in [0.25, 0.3) is 0 Å². The second kappa shape index (κ2) is 12.5. The molecule has 37 heavy (non-hydrogen) atoms. The number of benzene rings is 1. The average Bonchev–Trinajstić information content (AvgIpc) is 2.94. The Hall–Kier alpha value is -2.36. The molecule has 2 fully saturated rings. The fourth-order valence-electron chi connectivity index (χ4n) is 6.64. The molecule has 1 spiro atoms. The minimum Gasteiger partial charge on any atom is -0.504 e. The van der Waals surface area contributed by atoms with Crippen molar-refractivity contribution in [1.82, 2.24) is 0 Å². The highest BCUT2D eigenvalue weighted by atomic mass is 16.5. The minimum absolute atomic E-state index is 0.0135. The van der Waals surface area contributed by atoms with Crippen LogP contribution in [0.1, 0.15) is 101 Å². The van der Waals surface area contributed by atoms with Crippen molar-refractivity contribution in [2.45, 2.75) is 102 Å². The van der Waals surface area contributed by atoms with Crippen molar-refractivity contribution in [3.8, 4) is 23.3 Å². The number of ether oxygens (including phenoxy) is 1. The quantitative estimate of drug-likeness (QED) is 0.341. The molecule has 4 atom stereocenters. The lowest BCUT2D eigenvalue weighted by Crippen LogP contribution is -2.46. The van der Waals surface area contributed by atoms with E-state index in [1.165, 1.54) is 13.5 Å². The smallest absolute Gasteiger partial charge is 0.160 e. The fraction of sp³-hybridized carbons (Fsp3) is 0.677. The number of hydrogen-bond donors (Lipinski definition) is 3. The summed E-state index contributed by atoms with van der Waals surface area (Å²) in [5.74, 6) is 7.99. The van der Waals surface area contributed by atoms with Crippen molar-refractivity contribution in [3.05, 3.63) is 23.3 Å². The van der Waals surface area contributed by atoms with Crippen LogP contribution in [0.2, 0.25) is 0 Å². The van der Waals surface area contributed by atoms with Crippen molar-refractivity contribution in [2.75, 3.05) is 13.7 Å². The Bertz CT molecular complexity index is 1030. The summed E-state index contributed by atoms with van der Waals surface area (Å²) >= 11 is 0. The van der Waals surface area contributed by atoms with Crippen molar-refractivity contribution in [1.29, 1.82) is 0 Å². The van der Waals surface area contributed by atoms with Gasteiger partial charge in [-0.25, -0.2) is 0 Å². The number of carbonyl (C=O) groups is 2. The van der Waals surface area contributed by atoms with E-state index in [1.54, 1.807) is 12.1 Å². The monoisotopic (exact) mass is 510 g/mol. The maximum Gasteiger partial charge on any atom is 0.160 e. The second-order valence-corrected chi connectivity index (χ2v) is 11.4. The lowest BCUT2D eigenvalue weighted by atomic mass is 9.64. The van der Waals surface area contributed by atoms with E-state index < -0.39 is 11.5 Å². The standard InChI is InChI=1S/C31H42O6/c1-37-28-19-24-8-11-29(35)31(16-13-23(14-17-32)26(24)20-27(28)34)15-12-22(18-30(31)36)5-3-2-4-21-6-9-25(33)10-7-21/h19-23,30,32,34,36H,2-12,14-15,17-18H2,1H3/t22-,23+,30+,31+/m0/s1. The lowest BCUT2D eigenvalue weighted by molar-refractivity contribution is -0.134. The zero-order valence-corrected chi connectivity index (χ0v) is 22.1. The predicted molar refractivity (Wildman–Crippen MR) is 141 cm³/mol. The molecule has 3 aliphatic carbocycles. The summed E-state index contributed by atoms with van der Waals surface area (Å²) in [6.07, 6.45) is 10.5. The maximum absolute atomic E-state index is 13.6. The number of aliphatic hydroxyl groups excluding tert-OH is 2. The van der Waals surface area contributed by atoms with E-state index in [1.807, 2.05) is 0 Å². The summed E-state index contributed by atoms with van der Waals surface area (Å²) in [6, 6.07) is 3.41. The summed E-state index contributed by atoms with van der Waals surface area (Å²) in [6.45, 7) is -0.0612. The van der Waals surface area contributed by atoms with Crippen LogP contribution in [-0.4, -0.2) is 46.7 Å². The van der Waals surface area contributed by atoms with Gasteiger partial charge in [-0.2, -0.15) is 0 Å². The van der Waals surface area contributed by atoms with E-state index >= 15 is 0 Å². The summed E-state index contributed by atoms with van der Waals surface area (Å²) in [7, 11) is 1.49. The third kappa shape index (κ3) is 6.38. The third-order valence-corrected chi connectivity index (χ3v) is 9.03. The number of carbonyl (C=O) groups excluding carboxylic acids is 2. The van der Waals surface area contributed by atoms with Gasteiger partial charge in [-0.3, -0.25) is 9.59 Å². The SMILES string of the molecule is COc1cc2c(cc1O)[C@@H](CCO)C#C[C@]1(CC[C@H](CCCCC3CCC(=O)CC3)C[C@H]1O)C(=O)CC2. The molecule has 0 saturated heterocycles. The van der Waals surface area contributed by atoms with Crippen LogP contribution in [0.25, 0.3) is 0 Å². The van der Waals surface area contributed by atoms with E-state index in [9.17, 15) is 24.9 Å². The Labute approximate surface area is 220 Å². The highest BCUT2D eigenvalue weighted by molar-refractivity contribution is 5.89. The molecule has 6 nitrogen and oxygen atoms in total. The van der Waals surface area contributed by atoms with Crippen LogP contribution in [0.3, 0.4) is 0 Å². The molecule has 202 valence electrons. The molecule has 0 radical (unpaired) electrons. The zero-order valence-electron chi connectivity index (χ0n) is 22.1. The van der Waals surface area contributed by atoms with Crippen LogP contribution in [0.15, 0.2) is 12.1 Å². The number of aromatic hydroxyl groups is 1. The highest BCUT2D eigenvalue weighted by Crippen LogP contribution is 2.44. The van der Waals surface area contributed by atoms with Crippen molar-refractivity contribution in [2.24, 2.45) is 17.3 Å². The summed E-state index contributed by atoms with van der Waals surface area (Å²) in [5.41, 5.74) is 0.640. The summed E-state index contributed by atoms with van der Waals surface area (Å²) < 4.78 is 5.28. The molecule has 0 bridgehead atoms. The first-order valence-electron chi connectivity index (χ1n) is 14.1. The van der Waals surface area contributed by atoms with Crippen LogP contribution in [-0.2, 0) is 16.0 Å². The van der Waals surface area contributed by atoms with Crippen LogP contribution >= 0.6 is 0 Å². The number of aliphatic hydroxyl groups is 2. The van der Waals surface area contributed by atoms with Gasteiger partial charge in [-0.15, -0.1) is 0 Å². The van der Waals surface area contributed by atoms with Gasteiger partial charge in [0.2, 0.25) is 0 Å². The number of Topliss-reactive ketones (excluding diaryl/α,β-unsaturated/α-hetero) is 2. The summed E-state index contributed by atoms with van der Waals surface area (Å²) in [4.78, 5) is 25.0. The van der Waals surface area contributed by atoms with Gasteiger partial charge in [0.1, 0.15) is 11.2 Å². The zero-order chi connectivity index (χ0) is 26.4. The Morgan fingerprint density at radius 3 is 2.41 bits per heavy atom. The molecule has 1 aromatic carbocycles. The highest BCUT2D eigenvalue weighted by Gasteiger charge is 2.47. The number of hydrogen-bond acceptors (Lipinski definition) is 6. The topological polar surface area (TPSA) is 104 Å². The third-order valence-electron chi connectivity index (χ3n) is 9.03. The minimum atomic E-state index is -1.06. The van der Waals surface area contributed by atoms with Gasteiger partial charge in [0.15, 0.2) is 17.3 Å². The number of fused-ring (bicyclic) bond motifs is 1. The molecule has 3 N–H and O–H groups in total. The Morgan fingerprint density at radius 1 is 1.00 bits per heavy atom. The predicted octanol–water partition coefficient (Wildman–Crippen LogP) is 4.85. The van der Waals surface area contributed by atoms with Gasteiger partial charge >= 0.3 is 0 Å². The van der Waals surface area contributed by atoms with E-state index in [4.69, 9.17) is 4.74 Å². The van der Waals surface area contributed by atoms with Gasteiger partial charge in [0.05, 0.1) is 13.2 Å². The van der Waals surface area contributed by atoms with E-state index in [-0.39, 0.29) is 30.5 Å². The molecule has 6 heteroatoms. The lowest BCUT2D eigenvalue weighted by Gasteiger charge is -2.40. The van der Waals surface area contributed by atoms with E-state index in [2.05, 4.69) is 11.8 Å². The first kappa shape index (κ1) is 27.7. The number of rotatable bonds is 8. The normalized spacial score (nSPS) is 28.6. The average molecular weight is 511 g/mol. The molecule has 0 unspecified atom stereocenters. The van der Waals surface area contributed by atoms with Crippen molar-refractivity contribution >= 4 is 11.6 Å². The van der Waals surface area contributed by atoms with Gasteiger partial charge < -0.3 is 20.1 Å². The largest absolute Gasteiger partial charge is 0.504 e. The molecule has 0 aliphatic heterocycles. The maximum atomic E-state index is 13.6. The summed E-state index contributed by atoms with van der Waals surface area (Å²) in [5, 5.41) is 31.4. The van der Waals surface area contributed by atoms with Gasteiger partial charge in [-0.1, -0.05) is 37.5 Å². The first-order chi connectivity index (χ1) is 17.9. The second-order valence-electron chi connectivity index (χ2n) is 11.4. The number of methoxy groups -OCH3 is 1. The molecule has 4 rings (SSSR count). The molecular weight excluding hydrogens is 468 g/mol. The molecule has 3 aliphatic rings. The Morgan fingerprint density at radius 2 is 1.73 bits per heavy atom. The molecule has 0 amide bonds. The molecule has 2 saturated carbocycles. The van der Waals surface area contributed by atoms with E-state index in [0.717, 1.165) is 62.5 Å². The van der Waals surface area contributed by atoms with E-state index in [0.29, 0.717) is 49.1 Å². The Kier molecular flexibility index (Phi) is 9.31. The van der Waals surface area contributed by atoms with Crippen molar-refractivity contribution < 1.29 is 29.6 Å². The van der Waals surface area contributed by atoms with Gasteiger partial charge in [-0.05, 0) is 80.0 Å². The van der Waals surface area contributed by atoms with Crippen LogP contribution in [0.4, 0.5) is 0 Å². The first-order valence-corrected chi connectivity index (χ1v) is 14.1. The number of aryl methyl sites for hydroxylation is 1. The molecule has 0 aromatic heterocycles. The fourth-order valence-corrected chi connectivity index (χ4v) is 6.64. The van der Waals surface area contributed by atoms with Crippen LogP contribution in [0, 0.1) is 29.1 Å². The Balaban J connectivity index is 1.42. The molecule has 1 aromatic rings. The number of phenolic OH excluding ortho intramolecular Hbond substituents is 1. The number of ketones is 2. The van der Waals surface area contributed by atoms with Crippen molar-refractivity contribution in [3.63, 3.8) is 0 Å². The van der Waals surface area contributed by atoms with Crippen LogP contribution < -0.4 is 4.74 Å². The van der Waals surface area contributed by atoms with Crippen LogP contribution in [0.5, 0.6) is 11.5 Å². The number of unbranched alkanes of at least 4 members (excludes halogenated alkanes) is 1. The molecular formula is C31H42O6. The van der Waals surface area contributed by atoms with Gasteiger partial charge in [0, 0.05) is 31.8 Å². The molecule has 0 heterocycles. The number of phenols is 1.